The van der Waals surface area contributed by atoms with Crippen LogP contribution in [-0.2, 0) is 19.1 Å². The molecule has 1 heterocycles. The van der Waals surface area contributed by atoms with Gasteiger partial charge in [0.15, 0.2) is 0 Å². The van der Waals surface area contributed by atoms with E-state index in [1.807, 2.05) is 12.1 Å². The maximum Gasteiger partial charge on any atom is 0.325 e. The number of ether oxygens (including phenoxy) is 2. The van der Waals surface area contributed by atoms with Gasteiger partial charge in [-0.05, 0) is 35.9 Å². The Morgan fingerprint density at radius 3 is 2.54 bits per heavy atom. The molecule has 0 aliphatic rings. The predicted molar refractivity (Wildman–Crippen MR) is 99.2 cm³/mol. The molecule has 1 amide bonds. The Kier molecular flexibility index (Phi) is 7.50. The van der Waals surface area contributed by atoms with Crippen molar-refractivity contribution in [1.82, 2.24) is 4.90 Å². The van der Waals surface area contributed by atoms with Gasteiger partial charge in [0.1, 0.15) is 12.4 Å². The molecule has 1 aromatic carbocycles. The largest absolute Gasteiger partial charge is 0.468 e. The summed E-state index contributed by atoms with van der Waals surface area (Å²) in [7, 11) is 2.80. The topological polar surface area (TPSA) is 55.8 Å². The van der Waals surface area contributed by atoms with Crippen molar-refractivity contribution < 1.29 is 23.5 Å². The van der Waals surface area contributed by atoms with E-state index in [1.165, 1.54) is 48.7 Å². The quantitative estimate of drug-likeness (QED) is 0.524. The maximum atomic E-state index is 13.0. The van der Waals surface area contributed by atoms with Crippen LogP contribution in [-0.4, -0.2) is 50.7 Å². The van der Waals surface area contributed by atoms with Gasteiger partial charge in [0.05, 0.1) is 13.7 Å². The van der Waals surface area contributed by atoms with Gasteiger partial charge in [-0.3, -0.25) is 9.59 Å². The smallest absolute Gasteiger partial charge is 0.325 e. The van der Waals surface area contributed by atoms with Gasteiger partial charge in [-0.2, -0.15) is 0 Å². The molecule has 0 unspecified atom stereocenters. The fourth-order valence-corrected chi connectivity index (χ4v) is 3.08. The van der Waals surface area contributed by atoms with Crippen LogP contribution in [0.2, 0.25) is 0 Å². The Labute approximate surface area is 155 Å². The minimum Gasteiger partial charge on any atom is -0.468 e. The van der Waals surface area contributed by atoms with Crippen molar-refractivity contribution in [3.8, 4) is 10.4 Å². The lowest BCUT2D eigenvalue weighted by Gasteiger charge is -2.19. The SMILES string of the molecule is COCCN(CC(=O)OC)C(=O)/C=C/c1ccc(-c2ccc(F)cc2)s1. The molecule has 2 aromatic rings. The fourth-order valence-electron chi connectivity index (χ4n) is 2.16. The first-order valence-corrected chi connectivity index (χ1v) is 8.73. The van der Waals surface area contributed by atoms with E-state index < -0.39 is 5.97 Å². The molecule has 138 valence electrons. The molecule has 0 aliphatic heterocycles. The lowest BCUT2D eigenvalue weighted by atomic mass is 10.2. The number of halogens is 1. The van der Waals surface area contributed by atoms with E-state index in [9.17, 15) is 14.0 Å². The lowest BCUT2D eigenvalue weighted by Crippen LogP contribution is -2.37. The van der Waals surface area contributed by atoms with Crippen LogP contribution in [0.5, 0.6) is 0 Å². The molecular formula is C19H20FNO4S. The van der Waals surface area contributed by atoms with Gasteiger partial charge in [0.25, 0.3) is 0 Å². The fraction of sp³-hybridized carbons (Fsp3) is 0.263. The van der Waals surface area contributed by atoms with E-state index in [-0.39, 0.29) is 18.3 Å². The predicted octanol–water partition coefficient (Wildman–Crippen LogP) is 3.22. The van der Waals surface area contributed by atoms with Crippen LogP contribution in [0.25, 0.3) is 16.5 Å². The summed E-state index contributed by atoms with van der Waals surface area (Å²) in [5, 5.41) is 0. The summed E-state index contributed by atoms with van der Waals surface area (Å²) in [5.74, 6) is -1.07. The summed E-state index contributed by atoms with van der Waals surface area (Å²) in [6, 6.07) is 10.0. The molecule has 0 spiro atoms. The van der Waals surface area contributed by atoms with Gasteiger partial charge in [-0.1, -0.05) is 12.1 Å². The Hall–Kier alpha value is -2.51. The van der Waals surface area contributed by atoms with Crippen molar-refractivity contribution in [3.63, 3.8) is 0 Å². The molecule has 5 nitrogen and oxygen atoms in total. The van der Waals surface area contributed by atoms with Crippen molar-refractivity contribution in [2.24, 2.45) is 0 Å². The molecule has 0 saturated carbocycles. The van der Waals surface area contributed by atoms with Crippen LogP contribution in [0.1, 0.15) is 4.88 Å². The van der Waals surface area contributed by atoms with Crippen molar-refractivity contribution >= 4 is 29.3 Å². The zero-order valence-corrected chi connectivity index (χ0v) is 15.4. The van der Waals surface area contributed by atoms with Gasteiger partial charge in [0, 0.05) is 29.5 Å². The lowest BCUT2D eigenvalue weighted by molar-refractivity contribution is -0.145. The Morgan fingerprint density at radius 1 is 1.15 bits per heavy atom. The average molecular weight is 377 g/mol. The number of carbonyl (C=O) groups is 2. The number of carbonyl (C=O) groups excluding carboxylic acids is 2. The summed E-state index contributed by atoms with van der Waals surface area (Å²) in [4.78, 5) is 27.0. The molecule has 7 heteroatoms. The minimum absolute atomic E-state index is 0.131. The van der Waals surface area contributed by atoms with Crippen LogP contribution in [0.4, 0.5) is 4.39 Å². The second-order valence-electron chi connectivity index (χ2n) is 5.37. The molecule has 0 atom stereocenters. The van der Waals surface area contributed by atoms with Crippen molar-refractivity contribution in [1.29, 1.82) is 0 Å². The number of methoxy groups -OCH3 is 2. The number of benzene rings is 1. The average Bonchev–Trinajstić information content (AvgIpc) is 3.12. The van der Waals surface area contributed by atoms with E-state index in [4.69, 9.17) is 4.74 Å². The molecular weight excluding hydrogens is 357 g/mol. The maximum absolute atomic E-state index is 13.0. The first-order chi connectivity index (χ1) is 12.5. The van der Waals surface area contributed by atoms with E-state index in [2.05, 4.69) is 4.74 Å². The normalized spacial score (nSPS) is 10.9. The molecule has 0 bridgehead atoms. The monoisotopic (exact) mass is 377 g/mol. The second kappa shape index (κ2) is 9.84. The molecule has 0 saturated heterocycles. The molecule has 2 rings (SSSR count). The number of esters is 1. The highest BCUT2D eigenvalue weighted by atomic mass is 32.1. The van der Waals surface area contributed by atoms with Crippen molar-refractivity contribution in [2.45, 2.75) is 0 Å². The summed E-state index contributed by atoms with van der Waals surface area (Å²) < 4.78 is 22.6. The zero-order valence-electron chi connectivity index (χ0n) is 14.6. The van der Waals surface area contributed by atoms with Gasteiger partial charge < -0.3 is 14.4 Å². The van der Waals surface area contributed by atoms with Crippen LogP contribution < -0.4 is 0 Å². The third-order valence-corrected chi connectivity index (χ3v) is 4.67. The van der Waals surface area contributed by atoms with E-state index in [0.29, 0.717) is 13.2 Å². The number of thiophene rings is 1. The van der Waals surface area contributed by atoms with Crippen molar-refractivity contribution in [2.75, 3.05) is 33.9 Å². The molecule has 0 fully saturated rings. The standard InChI is InChI=1S/C19H20FNO4S/c1-24-12-11-21(13-19(23)25-2)18(22)10-8-16-7-9-17(26-16)14-3-5-15(20)6-4-14/h3-10H,11-13H2,1-2H3/b10-8+. The highest BCUT2D eigenvalue weighted by Crippen LogP contribution is 2.28. The second-order valence-corrected chi connectivity index (χ2v) is 6.49. The Morgan fingerprint density at radius 2 is 1.88 bits per heavy atom. The van der Waals surface area contributed by atoms with Crippen LogP contribution in [0, 0.1) is 5.82 Å². The van der Waals surface area contributed by atoms with E-state index >= 15 is 0 Å². The van der Waals surface area contributed by atoms with E-state index in [1.54, 1.807) is 18.2 Å². The highest BCUT2D eigenvalue weighted by molar-refractivity contribution is 7.16. The minimum atomic E-state index is -0.488. The van der Waals surface area contributed by atoms with Crippen LogP contribution in [0.15, 0.2) is 42.5 Å². The van der Waals surface area contributed by atoms with Gasteiger partial charge in [-0.15, -0.1) is 11.3 Å². The Balaban J connectivity index is 2.05. The number of nitrogens with zero attached hydrogens (tertiary/aromatic N) is 1. The number of hydrogen-bond donors (Lipinski definition) is 0. The Bertz CT molecular complexity index is 770. The van der Waals surface area contributed by atoms with Crippen molar-refractivity contribution in [3.05, 3.63) is 53.2 Å². The first-order valence-electron chi connectivity index (χ1n) is 7.92. The molecule has 26 heavy (non-hydrogen) atoms. The number of hydrogen-bond acceptors (Lipinski definition) is 5. The summed E-state index contributed by atoms with van der Waals surface area (Å²) >= 11 is 1.49. The molecule has 0 N–H and O–H groups in total. The summed E-state index contributed by atoms with van der Waals surface area (Å²) in [5.41, 5.74) is 0.912. The molecule has 0 radical (unpaired) electrons. The summed E-state index contributed by atoms with van der Waals surface area (Å²) in [6.07, 6.45) is 3.11. The van der Waals surface area contributed by atoms with Gasteiger partial charge >= 0.3 is 5.97 Å². The summed E-state index contributed by atoms with van der Waals surface area (Å²) in [6.45, 7) is 0.485. The third kappa shape index (κ3) is 5.79. The molecule has 1 aromatic heterocycles. The van der Waals surface area contributed by atoms with Gasteiger partial charge in [-0.25, -0.2) is 4.39 Å². The van der Waals surface area contributed by atoms with Crippen LogP contribution >= 0.6 is 11.3 Å². The number of rotatable bonds is 8. The molecule has 0 aliphatic carbocycles. The van der Waals surface area contributed by atoms with E-state index in [0.717, 1.165) is 15.3 Å². The first kappa shape index (κ1) is 19.8. The van der Waals surface area contributed by atoms with Gasteiger partial charge in [0.2, 0.25) is 5.91 Å². The highest BCUT2D eigenvalue weighted by Gasteiger charge is 2.15. The zero-order chi connectivity index (χ0) is 18.9. The third-order valence-electron chi connectivity index (χ3n) is 3.57. The number of amides is 1. The van der Waals surface area contributed by atoms with Crippen LogP contribution in [0.3, 0.4) is 0 Å².